The quantitative estimate of drug-likeness (QED) is 0.506. The lowest BCUT2D eigenvalue weighted by atomic mass is 10.0. The van der Waals surface area contributed by atoms with Crippen molar-refractivity contribution >= 4 is 34.3 Å². The largest absolute Gasteiger partial charge is 0.289 e. The fourth-order valence-corrected chi connectivity index (χ4v) is 4.63. The van der Waals surface area contributed by atoms with Gasteiger partial charge in [-0.1, -0.05) is 18.2 Å². The van der Waals surface area contributed by atoms with Gasteiger partial charge in [0, 0.05) is 4.90 Å². The third-order valence-corrected chi connectivity index (χ3v) is 6.07. The number of carbonyl (C=O) groups excluding carboxylic acids is 1. The van der Waals surface area contributed by atoms with Crippen molar-refractivity contribution in [2.24, 2.45) is 0 Å². The zero-order valence-corrected chi connectivity index (χ0v) is 14.1. The van der Waals surface area contributed by atoms with Gasteiger partial charge in [0.05, 0.1) is 23.0 Å². The molecule has 2 N–H and O–H groups in total. The summed E-state index contributed by atoms with van der Waals surface area (Å²) in [6, 6.07) is 14.7. The maximum atomic E-state index is 12.9. The molecule has 1 aliphatic rings. The zero-order valence-electron chi connectivity index (χ0n) is 12.4. The van der Waals surface area contributed by atoms with E-state index in [0.29, 0.717) is 4.90 Å². The number of nitrogens with zero attached hydrogens (tertiary/aromatic N) is 1. The third kappa shape index (κ3) is 2.99. The Bertz CT molecular complexity index is 749. The molecule has 0 radical (unpaired) electrons. The number of hydrogen-bond acceptors (Lipinski definition) is 4. The monoisotopic (exact) mass is 348 g/mol. The molecule has 5 nitrogen and oxygen atoms in total. The molecule has 2 unspecified atom stereocenters. The Morgan fingerprint density at radius 3 is 2.61 bits per heavy atom. The molecule has 23 heavy (non-hydrogen) atoms. The second-order valence-electron chi connectivity index (χ2n) is 5.07. The van der Waals surface area contributed by atoms with Gasteiger partial charge in [0.25, 0.3) is 0 Å². The van der Waals surface area contributed by atoms with Gasteiger partial charge >= 0.3 is 0 Å². The first-order valence-corrected chi connectivity index (χ1v) is 9.36. The molecule has 1 heterocycles. The smallest absolute Gasteiger partial charge is 0.245 e. The molecule has 1 amide bonds. The van der Waals surface area contributed by atoms with Crippen molar-refractivity contribution in [3.63, 3.8) is 0 Å². The summed E-state index contributed by atoms with van der Waals surface area (Å²) in [4.78, 5) is 13.5. The van der Waals surface area contributed by atoms with E-state index in [0.717, 1.165) is 16.1 Å². The predicted molar refractivity (Wildman–Crippen MR) is 90.8 cm³/mol. The second-order valence-corrected chi connectivity index (χ2v) is 7.28. The average molecular weight is 348 g/mol. The van der Waals surface area contributed by atoms with Crippen molar-refractivity contribution in [2.75, 3.05) is 10.6 Å². The normalized spacial score (nSPS) is 19.5. The van der Waals surface area contributed by atoms with Crippen molar-refractivity contribution in [2.45, 2.75) is 22.3 Å². The summed E-state index contributed by atoms with van der Waals surface area (Å²) in [6.07, 6.45) is 2.02. The van der Waals surface area contributed by atoms with Crippen LogP contribution in [-0.4, -0.2) is 21.6 Å². The highest BCUT2D eigenvalue weighted by molar-refractivity contribution is 7.98. The lowest BCUT2D eigenvalue weighted by Gasteiger charge is -2.25. The number of hydroxylamine groups is 1. The van der Waals surface area contributed by atoms with Gasteiger partial charge in [-0.25, -0.2) is 9.69 Å². The van der Waals surface area contributed by atoms with Crippen LogP contribution in [0.4, 0.5) is 5.69 Å². The minimum absolute atomic E-state index is 0.0313. The molecule has 2 aromatic rings. The van der Waals surface area contributed by atoms with E-state index in [1.54, 1.807) is 21.5 Å². The van der Waals surface area contributed by atoms with E-state index in [9.17, 15) is 9.00 Å². The van der Waals surface area contributed by atoms with Gasteiger partial charge in [-0.15, -0.1) is 11.8 Å². The standard InChI is InChI=1S/C16H16N2O3S2/c1-22-12-8-6-11(7-9-12)18-14(10-16(19)17-20)13-4-2-3-5-15(13)23(18)21/h2-9,14,20H,10H2,1H3,(H,17,19). The minimum atomic E-state index is -1.38. The topological polar surface area (TPSA) is 69.6 Å². The Hall–Kier alpha value is -1.83. The molecule has 0 saturated carbocycles. The van der Waals surface area contributed by atoms with Gasteiger partial charge in [-0.2, -0.15) is 0 Å². The Labute approximate surface area is 141 Å². The summed E-state index contributed by atoms with van der Waals surface area (Å²) < 4.78 is 14.6. The highest BCUT2D eigenvalue weighted by atomic mass is 32.2. The van der Waals surface area contributed by atoms with Crippen LogP contribution < -0.4 is 9.79 Å². The van der Waals surface area contributed by atoms with E-state index >= 15 is 0 Å². The maximum Gasteiger partial charge on any atom is 0.245 e. The Morgan fingerprint density at radius 1 is 1.26 bits per heavy atom. The maximum absolute atomic E-state index is 12.9. The van der Waals surface area contributed by atoms with Crippen LogP contribution >= 0.6 is 11.8 Å². The lowest BCUT2D eigenvalue weighted by Crippen LogP contribution is -2.29. The first kappa shape index (κ1) is 16.0. The second kappa shape index (κ2) is 6.74. The zero-order chi connectivity index (χ0) is 16.4. The number of hydrogen-bond donors (Lipinski definition) is 2. The molecule has 0 bridgehead atoms. The Balaban J connectivity index is 2.02. The van der Waals surface area contributed by atoms with Gasteiger partial charge < -0.3 is 0 Å². The summed E-state index contributed by atoms with van der Waals surface area (Å²) in [6.45, 7) is 0. The van der Waals surface area contributed by atoms with E-state index in [1.807, 2.05) is 54.8 Å². The molecule has 3 rings (SSSR count). The summed E-state index contributed by atoms with van der Waals surface area (Å²) >= 11 is 1.63. The third-order valence-electron chi connectivity index (χ3n) is 3.76. The fourth-order valence-electron chi connectivity index (χ4n) is 2.68. The lowest BCUT2D eigenvalue weighted by molar-refractivity contribution is -0.129. The first-order chi connectivity index (χ1) is 11.2. The molecule has 2 aromatic carbocycles. The molecule has 0 fully saturated rings. The average Bonchev–Trinajstić information content (AvgIpc) is 2.87. The van der Waals surface area contributed by atoms with Crippen LogP contribution in [0, 0.1) is 0 Å². The van der Waals surface area contributed by atoms with Crippen LogP contribution in [0.1, 0.15) is 18.0 Å². The molecule has 0 aliphatic carbocycles. The molecule has 7 heteroatoms. The van der Waals surface area contributed by atoms with Crippen LogP contribution in [0.3, 0.4) is 0 Å². The number of benzene rings is 2. The van der Waals surface area contributed by atoms with E-state index < -0.39 is 16.9 Å². The van der Waals surface area contributed by atoms with Crippen LogP contribution in [0.2, 0.25) is 0 Å². The van der Waals surface area contributed by atoms with E-state index in [2.05, 4.69) is 0 Å². The van der Waals surface area contributed by atoms with Crippen molar-refractivity contribution in [3.05, 3.63) is 54.1 Å². The Morgan fingerprint density at radius 2 is 1.96 bits per heavy atom. The van der Waals surface area contributed by atoms with E-state index in [1.165, 1.54) is 0 Å². The first-order valence-electron chi connectivity index (χ1n) is 7.02. The van der Waals surface area contributed by atoms with Gasteiger partial charge in [0.1, 0.15) is 0 Å². The summed E-state index contributed by atoms with van der Waals surface area (Å²) in [5, 5.41) is 8.84. The number of thioether (sulfide) groups is 1. The van der Waals surface area contributed by atoms with Gasteiger partial charge in [-0.05, 0) is 42.2 Å². The molecular weight excluding hydrogens is 332 g/mol. The van der Waals surface area contributed by atoms with Gasteiger partial charge in [0.2, 0.25) is 5.91 Å². The molecule has 120 valence electrons. The van der Waals surface area contributed by atoms with Crippen LogP contribution in [0.25, 0.3) is 0 Å². The van der Waals surface area contributed by atoms with Crippen molar-refractivity contribution < 1.29 is 14.2 Å². The predicted octanol–water partition coefficient (Wildman–Crippen LogP) is 2.89. The van der Waals surface area contributed by atoms with Crippen molar-refractivity contribution in [1.82, 2.24) is 5.48 Å². The summed E-state index contributed by atoms with van der Waals surface area (Å²) in [5.41, 5.74) is 3.30. The van der Waals surface area contributed by atoms with Crippen molar-refractivity contribution in [1.29, 1.82) is 0 Å². The van der Waals surface area contributed by atoms with Crippen LogP contribution in [0.5, 0.6) is 0 Å². The highest BCUT2D eigenvalue weighted by Gasteiger charge is 2.37. The molecule has 0 saturated heterocycles. The van der Waals surface area contributed by atoms with Gasteiger partial charge in [-0.3, -0.25) is 14.3 Å². The molecule has 0 spiro atoms. The Kier molecular flexibility index (Phi) is 4.70. The molecular formula is C16H16N2O3S2. The highest BCUT2D eigenvalue weighted by Crippen LogP contribution is 2.42. The summed E-state index contributed by atoms with van der Waals surface area (Å²) in [7, 11) is -1.38. The number of amides is 1. The van der Waals surface area contributed by atoms with E-state index in [4.69, 9.17) is 5.21 Å². The van der Waals surface area contributed by atoms with Crippen molar-refractivity contribution in [3.8, 4) is 0 Å². The number of carbonyl (C=O) groups is 1. The molecule has 0 aromatic heterocycles. The number of fused-ring (bicyclic) bond motifs is 1. The minimum Gasteiger partial charge on any atom is -0.289 e. The summed E-state index contributed by atoms with van der Waals surface area (Å²) in [5.74, 6) is -0.505. The number of anilines is 1. The number of rotatable bonds is 4. The van der Waals surface area contributed by atoms with Gasteiger partial charge in [0.15, 0.2) is 11.0 Å². The fraction of sp³-hybridized carbons (Fsp3) is 0.188. The van der Waals surface area contributed by atoms with Crippen LogP contribution in [-0.2, 0) is 15.8 Å². The molecule has 1 aliphatic heterocycles. The van der Waals surface area contributed by atoms with Crippen LogP contribution in [0.15, 0.2) is 58.3 Å². The van der Waals surface area contributed by atoms with E-state index in [-0.39, 0.29) is 12.5 Å². The SMILES string of the molecule is CSc1ccc(N2C(CC(=O)NO)c3ccccc3S2=O)cc1. The number of nitrogens with one attached hydrogen (secondary N) is 1. The molecule has 2 atom stereocenters.